The molecule has 1 aliphatic rings. The molecule has 27 heavy (non-hydrogen) atoms. The summed E-state index contributed by atoms with van der Waals surface area (Å²) in [5.41, 5.74) is 1.43. The minimum Gasteiger partial charge on any atom is -0.482 e. The minimum atomic E-state index is -0.352. The van der Waals surface area contributed by atoms with Gasteiger partial charge in [0.15, 0.2) is 12.4 Å². The SMILES string of the molecule is O=C(CN1C(=O)COc2cc(Br)ccc21)Nc1nc(-c2ccccc2)ns1. The molecule has 0 unspecified atom stereocenters. The number of benzene rings is 2. The maximum atomic E-state index is 12.4. The van der Waals surface area contributed by atoms with Crippen LogP contribution in [0.4, 0.5) is 10.8 Å². The van der Waals surface area contributed by atoms with E-state index in [-0.39, 0.29) is 25.0 Å². The fourth-order valence-electron chi connectivity index (χ4n) is 2.63. The van der Waals surface area contributed by atoms with Crippen LogP contribution in [0.1, 0.15) is 0 Å². The number of ether oxygens (including phenoxy) is 1. The molecule has 2 aromatic carbocycles. The van der Waals surface area contributed by atoms with E-state index < -0.39 is 0 Å². The van der Waals surface area contributed by atoms with Gasteiger partial charge in [-0.1, -0.05) is 46.3 Å². The van der Waals surface area contributed by atoms with Crippen LogP contribution in [0.5, 0.6) is 5.75 Å². The lowest BCUT2D eigenvalue weighted by atomic mass is 10.2. The van der Waals surface area contributed by atoms with Crippen molar-refractivity contribution >= 4 is 50.1 Å². The van der Waals surface area contributed by atoms with Gasteiger partial charge in [-0.3, -0.25) is 19.8 Å². The second-order valence-electron chi connectivity index (χ2n) is 5.72. The number of aromatic nitrogens is 2. The number of nitrogens with one attached hydrogen (secondary N) is 1. The van der Waals surface area contributed by atoms with E-state index in [0.717, 1.165) is 21.6 Å². The highest BCUT2D eigenvalue weighted by atomic mass is 79.9. The predicted molar refractivity (Wildman–Crippen MR) is 106 cm³/mol. The Balaban J connectivity index is 1.47. The first-order chi connectivity index (χ1) is 13.1. The van der Waals surface area contributed by atoms with Gasteiger partial charge in [-0.15, -0.1) is 0 Å². The van der Waals surface area contributed by atoms with E-state index in [1.807, 2.05) is 30.3 Å². The Morgan fingerprint density at radius 2 is 2.07 bits per heavy atom. The highest BCUT2D eigenvalue weighted by molar-refractivity contribution is 9.10. The quantitative estimate of drug-likeness (QED) is 0.666. The van der Waals surface area contributed by atoms with E-state index in [9.17, 15) is 9.59 Å². The summed E-state index contributed by atoms with van der Waals surface area (Å²) in [5.74, 6) is 0.477. The largest absolute Gasteiger partial charge is 0.482 e. The Labute approximate surface area is 167 Å². The van der Waals surface area contributed by atoms with E-state index in [0.29, 0.717) is 22.4 Å². The van der Waals surface area contributed by atoms with Crippen molar-refractivity contribution in [3.05, 3.63) is 53.0 Å². The number of hydrogen-bond acceptors (Lipinski definition) is 6. The molecule has 0 bridgehead atoms. The zero-order valence-electron chi connectivity index (χ0n) is 13.9. The number of halogens is 1. The summed E-state index contributed by atoms with van der Waals surface area (Å²) in [6, 6.07) is 14.8. The van der Waals surface area contributed by atoms with Crippen molar-refractivity contribution in [1.29, 1.82) is 0 Å². The second kappa shape index (κ2) is 7.45. The zero-order valence-corrected chi connectivity index (χ0v) is 16.3. The molecule has 0 spiro atoms. The normalized spacial score (nSPS) is 13.1. The van der Waals surface area contributed by atoms with Crippen LogP contribution in [0.3, 0.4) is 0 Å². The van der Waals surface area contributed by atoms with Crippen LogP contribution in [-0.2, 0) is 9.59 Å². The summed E-state index contributed by atoms with van der Waals surface area (Å²) >= 11 is 4.46. The smallest absolute Gasteiger partial charge is 0.265 e. The van der Waals surface area contributed by atoms with Crippen LogP contribution in [0.25, 0.3) is 11.4 Å². The molecule has 1 aliphatic heterocycles. The van der Waals surface area contributed by atoms with Gasteiger partial charge in [0.1, 0.15) is 12.3 Å². The van der Waals surface area contributed by atoms with Crippen molar-refractivity contribution in [2.24, 2.45) is 0 Å². The van der Waals surface area contributed by atoms with Gasteiger partial charge in [-0.2, -0.15) is 9.36 Å². The van der Waals surface area contributed by atoms with Gasteiger partial charge >= 0.3 is 0 Å². The minimum absolute atomic E-state index is 0.103. The Bertz CT molecular complexity index is 1010. The predicted octanol–water partition coefficient (Wildman–Crippen LogP) is 3.33. The lowest BCUT2D eigenvalue weighted by Crippen LogP contribution is -2.43. The van der Waals surface area contributed by atoms with E-state index in [1.54, 1.807) is 18.2 Å². The molecule has 4 rings (SSSR count). The highest BCUT2D eigenvalue weighted by Gasteiger charge is 2.27. The summed E-state index contributed by atoms with van der Waals surface area (Å²) in [5, 5.41) is 3.09. The van der Waals surface area contributed by atoms with Crippen molar-refractivity contribution in [3.63, 3.8) is 0 Å². The summed E-state index contributed by atoms with van der Waals surface area (Å²) in [4.78, 5) is 30.4. The molecular weight excluding hydrogens is 432 g/mol. The van der Waals surface area contributed by atoms with Crippen LogP contribution in [0.15, 0.2) is 53.0 Å². The molecule has 9 heteroatoms. The maximum absolute atomic E-state index is 12.4. The van der Waals surface area contributed by atoms with Gasteiger partial charge in [-0.25, -0.2) is 0 Å². The molecule has 1 aromatic heterocycles. The third-order valence-electron chi connectivity index (χ3n) is 3.87. The second-order valence-corrected chi connectivity index (χ2v) is 7.39. The Kier molecular flexibility index (Phi) is 4.87. The number of fused-ring (bicyclic) bond motifs is 1. The van der Waals surface area contributed by atoms with E-state index in [4.69, 9.17) is 4.74 Å². The third-order valence-corrected chi connectivity index (χ3v) is 4.99. The van der Waals surface area contributed by atoms with E-state index in [2.05, 4.69) is 30.6 Å². The molecule has 0 radical (unpaired) electrons. The number of hydrogen-bond donors (Lipinski definition) is 1. The molecule has 3 aromatic rings. The average molecular weight is 445 g/mol. The highest BCUT2D eigenvalue weighted by Crippen LogP contribution is 2.34. The first kappa shape index (κ1) is 17.6. The molecule has 136 valence electrons. The lowest BCUT2D eigenvalue weighted by Gasteiger charge is -2.28. The van der Waals surface area contributed by atoms with Crippen LogP contribution in [-0.4, -0.2) is 34.3 Å². The van der Waals surface area contributed by atoms with Crippen LogP contribution < -0.4 is 15.0 Å². The van der Waals surface area contributed by atoms with Crippen molar-refractivity contribution in [2.75, 3.05) is 23.4 Å². The topological polar surface area (TPSA) is 84.4 Å². The number of amides is 2. The number of rotatable bonds is 4. The summed E-state index contributed by atoms with van der Waals surface area (Å²) in [6.07, 6.45) is 0. The Morgan fingerprint density at radius 3 is 2.89 bits per heavy atom. The Morgan fingerprint density at radius 1 is 1.26 bits per heavy atom. The molecule has 0 saturated heterocycles. The lowest BCUT2D eigenvalue weighted by molar-refractivity contribution is -0.123. The number of carbonyl (C=O) groups is 2. The van der Waals surface area contributed by atoms with Crippen LogP contribution in [0.2, 0.25) is 0 Å². The van der Waals surface area contributed by atoms with Gasteiger partial charge in [0.2, 0.25) is 11.0 Å². The number of carbonyl (C=O) groups excluding carboxylic acids is 2. The fourth-order valence-corrected chi connectivity index (χ4v) is 3.58. The molecule has 0 atom stereocenters. The average Bonchev–Trinajstić information content (AvgIpc) is 3.13. The third kappa shape index (κ3) is 3.83. The fraction of sp³-hybridized carbons (Fsp3) is 0.111. The van der Waals surface area contributed by atoms with Crippen molar-refractivity contribution in [3.8, 4) is 17.1 Å². The first-order valence-electron chi connectivity index (χ1n) is 8.02. The molecule has 2 heterocycles. The van der Waals surface area contributed by atoms with Gasteiger partial charge in [0, 0.05) is 21.6 Å². The summed E-state index contributed by atoms with van der Waals surface area (Å²) in [7, 11) is 0. The van der Waals surface area contributed by atoms with Crippen LogP contribution in [0, 0.1) is 0 Å². The number of nitrogens with zero attached hydrogens (tertiary/aromatic N) is 3. The molecule has 0 fully saturated rings. The molecule has 7 nitrogen and oxygen atoms in total. The van der Waals surface area contributed by atoms with Crippen LogP contribution >= 0.6 is 27.5 Å². The van der Waals surface area contributed by atoms with Crippen molar-refractivity contribution < 1.29 is 14.3 Å². The van der Waals surface area contributed by atoms with Gasteiger partial charge < -0.3 is 4.74 Å². The van der Waals surface area contributed by atoms with E-state index in [1.165, 1.54) is 4.90 Å². The molecular formula is C18H13BrN4O3S. The molecule has 1 N–H and O–H groups in total. The Hall–Kier alpha value is -2.78. The van der Waals surface area contributed by atoms with Gasteiger partial charge in [-0.05, 0) is 18.2 Å². The first-order valence-corrected chi connectivity index (χ1v) is 9.58. The molecule has 2 amide bonds. The summed E-state index contributed by atoms with van der Waals surface area (Å²) in [6.45, 7) is -0.231. The standard InChI is InChI=1S/C18H13BrN4O3S/c19-12-6-7-13-14(8-12)26-10-16(25)23(13)9-15(24)20-18-21-17(22-27-18)11-4-2-1-3-5-11/h1-8H,9-10H2,(H,20,21,22,24). The van der Waals surface area contributed by atoms with Gasteiger partial charge in [0.25, 0.3) is 5.91 Å². The molecule has 0 aliphatic carbocycles. The monoisotopic (exact) mass is 444 g/mol. The zero-order chi connectivity index (χ0) is 18.8. The number of anilines is 2. The van der Waals surface area contributed by atoms with Gasteiger partial charge in [0.05, 0.1) is 5.69 Å². The molecule has 0 saturated carbocycles. The van der Waals surface area contributed by atoms with Crippen molar-refractivity contribution in [2.45, 2.75) is 0 Å². The van der Waals surface area contributed by atoms with E-state index >= 15 is 0 Å². The maximum Gasteiger partial charge on any atom is 0.265 e. The van der Waals surface area contributed by atoms with Crippen molar-refractivity contribution in [1.82, 2.24) is 9.36 Å². The summed E-state index contributed by atoms with van der Waals surface area (Å²) < 4.78 is 10.5.